The number of imidazole rings is 1. The zero-order valence-corrected chi connectivity index (χ0v) is 18.1. The first-order chi connectivity index (χ1) is 16.6. The van der Waals surface area contributed by atoms with E-state index in [4.69, 9.17) is 15.2 Å². The highest BCUT2D eigenvalue weighted by Crippen LogP contribution is 2.31. The number of hydrogen-bond acceptors (Lipinski definition) is 8. The maximum absolute atomic E-state index is 12.5. The number of fused-ring (bicyclic) bond motifs is 1. The Labute approximate surface area is 194 Å². The van der Waals surface area contributed by atoms with Gasteiger partial charge in [-0.15, -0.1) is 0 Å². The van der Waals surface area contributed by atoms with Gasteiger partial charge in [-0.05, 0) is 24.3 Å². The first kappa shape index (κ1) is 21.7. The first-order valence-corrected chi connectivity index (χ1v) is 10.8. The molecule has 0 bridgehead atoms. The first-order valence-electron chi connectivity index (χ1n) is 10.8. The summed E-state index contributed by atoms with van der Waals surface area (Å²) in [6.45, 7) is 0.0331. The molecule has 10 nitrogen and oxygen atoms in total. The number of amides is 1. The monoisotopic (exact) mass is 458 g/mol. The van der Waals surface area contributed by atoms with Gasteiger partial charge in [0.2, 0.25) is 0 Å². The van der Waals surface area contributed by atoms with Crippen LogP contribution in [0.25, 0.3) is 11.2 Å². The van der Waals surface area contributed by atoms with Crippen LogP contribution < -0.4 is 11.1 Å². The van der Waals surface area contributed by atoms with Crippen LogP contribution in [-0.4, -0.2) is 50.1 Å². The van der Waals surface area contributed by atoms with Crippen molar-refractivity contribution < 1.29 is 19.1 Å². The maximum Gasteiger partial charge on any atom is 0.338 e. The third kappa shape index (κ3) is 4.36. The number of aromatic nitrogens is 4. The Bertz CT molecular complexity index is 1310. The van der Waals surface area contributed by atoms with Gasteiger partial charge in [-0.25, -0.2) is 19.7 Å². The fourth-order valence-electron chi connectivity index (χ4n) is 3.82. The van der Waals surface area contributed by atoms with E-state index < -0.39 is 18.3 Å². The number of rotatable bonds is 6. The van der Waals surface area contributed by atoms with Gasteiger partial charge in [-0.1, -0.05) is 36.4 Å². The molecule has 0 unspecified atom stereocenters. The molecule has 0 aliphatic carbocycles. The topological polar surface area (TPSA) is 134 Å². The molecule has 1 fully saturated rings. The van der Waals surface area contributed by atoms with Crippen molar-refractivity contribution in [2.45, 2.75) is 24.8 Å². The lowest BCUT2D eigenvalue weighted by Gasteiger charge is -2.16. The second-order valence-corrected chi connectivity index (χ2v) is 7.86. The molecule has 3 atom stereocenters. The number of nitrogens with zero attached hydrogens (tertiary/aromatic N) is 4. The van der Waals surface area contributed by atoms with E-state index in [2.05, 4.69) is 20.3 Å². The molecule has 5 rings (SSSR count). The number of carbonyl (C=O) groups is 2. The smallest absolute Gasteiger partial charge is 0.338 e. The number of ether oxygens (including phenoxy) is 2. The Morgan fingerprint density at radius 2 is 1.74 bits per heavy atom. The Morgan fingerprint density at radius 1 is 1.03 bits per heavy atom. The standard InChI is InChI=1S/C24H22N6O4/c25-17-11-19(34-18(17)12-33-24(32)16-9-5-2-6-10-16)30-14-28-20-21(26-13-27-22(20)30)29-23(31)15-7-3-1-4-8-15/h1-10,13-14,17-19H,11-12,25H2,(H,26,27,29,31)/t17-,18+,19+/m0/s1. The molecule has 2 aromatic carbocycles. The lowest BCUT2D eigenvalue weighted by molar-refractivity contribution is -0.0332. The van der Waals surface area contributed by atoms with Gasteiger partial charge in [0.25, 0.3) is 5.91 Å². The maximum atomic E-state index is 12.5. The molecule has 0 spiro atoms. The molecule has 34 heavy (non-hydrogen) atoms. The van der Waals surface area contributed by atoms with Crippen LogP contribution in [0, 0.1) is 0 Å². The fraction of sp³-hybridized carbons (Fsp3) is 0.208. The van der Waals surface area contributed by atoms with Crippen LogP contribution >= 0.6 is 0 Å². The van der Waals surface area contributed by atoms with E-state index in [1.54, 1.807) is 59.4 Å². The van der Waals surface area contributed by atoms with Crippen molar-refractivity contribution in [3.05, 3.63) is 84.4 Å². The minimum absolute atomic E-state index is 0.0331. The third-order valence-electron chi connectivity index (χ3n) is 5.61. The Balaban J connectivity index is 1.29. The Hall–Kier alpha value is -4.15. The van der Waals surface area contributed by atoms with Gasteiger partial charge in [-0.3, -0.25) is 9.36 Å². The summed E-state index contributed by atoms with van der Waals surface area (Å²) in [4.78, 5) is 37.7. The molecule has 0 radical (unpaired) electrons. The van der Waals surface area contributed by atoms with Crippen LogP contribution in [0.2, 0.25) is 0 Å². The number of esters is 1. The molecule has 1 aliphatic rings. The Morgan fingerprint density at radius 3 is 2.47 bits per heavy atom. The van der Waals surface area contributed by atoms with Gasteiger partial charge in [0.15, 0.2) is 17.0 Å². The zero-order valence-electron chi connectivity index (χ0n) is 18.1. The van der Waals surface area contributed by atoms with Crippen LogP contribution in [0.5, 0.6) is 0 Å². The number of nitrogens with two attached hydrogens (primary N) is 1. The second-order valence-electron chi connectivity index (χ2n) is 7.86. The number of anilines is 1. The van der Waals surface area contributed by atoms with E-state index in [-0.39, 0.29) is 18.6 Å². The summed E-state index contributed by atoms with van der Waals surface area (Å²) in [5, 5.41) is 2.78. The molecule has 1 aliphatic heterocycles. The van der Waals surface area contributed by atoms with Crippen molar-refractivity contribution in [1.82, 2.24) is 19.5 Å². The van der Waals surface area contributed by atoms with Gasteiger partial charge in [0, 0.05) is 18.0 Å². The molecule has 3 N–H and O–H groups in total. The van der Waals surface area contributed by atoms with Crippen molar-refractivity contribution >= 4 is 28.9 Å². The average molecular weight is 458 g/mol. The molecule has 10 heteroatoms. The number of benzene rings is 2. The molecule has 1 saturated heterocycles. The van der Waals surface area contributed by atoms with Crippen molar-refractivity contribution in [2.75, 3.05) is 11.9 Å². The van der Waals surface area contributed by atoms with E-state index in [0.717, 1.165) is 0 Å². The summed E-state index contributed by atoms with van der Waals surface area (Å²) >= 11 is 0. The molecular formula is C24H22N6O4. The van der Waals surface area contributed by atoms with E-state index in [9.17, 15) is 9.59 Å². The van der Waals surface area contributed by atoms with Crippen LogP contribution in [0.1, 0.15) is 33.4 Å². The second kappa shape index (κ2) is 9.38. The molecule has 3 heterocycles. The largest absolute Gasteiger partial charge is 0.459 e. The van der Waals surface area contributed by atoms with Gasteiger partial charge >= 0.3 is 5.97 Å². The Kier molecular flexibility index (Phi) is 5.98. The van der Waals surface area contributed by atoms with Crippen LogP contribution in [-0.2, 0) is 9.47 Å². The molecule has 1 amide bonds. The lowest BCUT2D eigenvalue weighted by Crippen LogP contribution is -2.34. The van der Waals surface area contributed by atoms with Crippen molar-refractivity contribution in [3.63, 3.8) is 0 Å². The van der Waals surface area contributed by atoms with Crippen LogP contribution in [0.15, 0.2) is 73.3 Å². The quantitative estimate of drug-likeness (QED) is 0.421. The molecular weight excluding hydrogens is 436 g/mol. The molecule has 2 aromatic heterocycles. The predicted octanol–water partition coefficient (Wildman–Crippen LogP) is 2.55. The van der Waals surface area contributed by atoms with Gasteiger partial charge in [0.05, 0.1) is 11.9 Å². The summed E-state index contributed by atoms with van der Waals surface area (Å²) < 4.78 is 13.2. The average Bonchev–Trinajstić information content (AvgIpc) is 3.47. The highest BCUT2D eigenvalue weighted by molar-refractivity contribution is 6.06. The van der Waals surface area contributed by atoms with Crippen LogP contribution in [0.3, 0.4) is 0 Å². The summed E-state index contributed by atoms with van der Waals surface area (Å²) in [6.07, 6.45) is 2.49. The van der Waals surface area contributed by atoms with E-state index >= 15 is 0 Å². The summed E-state index contributed by atoms with van der Waals surface area (Å²) in [6, 6.07) is 17.2. The van der Waals surface area contributed by atoms with Gasteiger partial charge in [0.1, 0.15) is 25.3 Å². The lowest BCUT2D eigenvalue weighted by atomic mass is 10.1. The van der Waals surface area contributed by atoms with Gasteiger partial charge < -0.3 is 20.5 Å². The van der Waals surface area contributed by atoms with E-state index in [1.165, 1.54) is 6.33 Å². The normalized spacial score (nSPS) is 19.7. The third-order valence-corrected chi connectivity index (χ3v) is 5.61. The van der Waals surface area contributed by atoms with E-state index in [0.29, 0.717) is 34.5 Å². The molecule has 4 aromatic rings. The summed E-state index contributed by atoms with van der Waals surface area (Å²) in [7, 11) is 0. The highest BCUT2D eigenvalue weighted by Gasteiger charge is 2.35. The predicted molar refractivity (Wildman–Crippen MR) is 123 cm³/mol. The molecule has 0 saturated carbocycles. The number of nitrogens with one attached hydrogen (secondary N) is 1. The van der Waals surface area contributed by atoms with Crippen LogP contribution in [0.4, 0.5) is 5.82 Å². The SMILES string of the molecule is N[C@H]1C[C@H](n2cnc3c(NC(=O)c4ccccc4)ncnc32)O[C@@H]1COC(=O)c1ccccc1. The number of hydrogen-bond donors (Lipinski definition) is 2. The number of carbonyl (C=O) groups excluding carboxylic acids is 2. The zero-order chi connectivity index (χ0) is 23.5. The van der Waals surface area contributed by atoms with Crippen molar-refractivity contribution in [2.24, 2.45) is 5.73 Å². The molecule has 172 valence electrons. The minimum Gasteiger partial charge on any atom is -0.459 e. The fourth-order valence-corrected chi connectivity index (χ4v) is 3.82. The van der Waals surface area contributed by atoms with Crippen molar-refractivity contribution in [3.8, 4) is 0 Å². The van der Waals surface area contributed by atoms with Crippen molar-refractivity contribution in [1.29, 1.82) is 0 Å². The van der Waals surface area contributed by atoms with E-state index in [1.807, 2.05) is 12.1 Å². The summed E-state index contributed by atoms with van der Waals surface area (Å²) in [5.41, 5.74) is 8.17. The summed E-state index contributed by atoms with van der Waals surface area (Å²) in [5.74, 6) is -0.428. The highest BCUT2D eigenvalue weighted by atomic mass is 16.6. The van der Waals surface area contributed by atoms with Gasteiger partial charge in [-0.2, -0.15) is 0 Å². The minimum atomic E-state index is -0.478.